The lowest BCUT2D eigenvalue weighted by molar-refractivity contribution is -0.141. The van der Waals surface area contributed by atoms with Crippen molar-refractivity contribution in [2.75, 3.05) is 23.7 Å². The van der Waals surface area contributed by atoms with Crippen molar-refractivity contribution in [3.63, 3.8) is 0 Å². The summed E-state index contributed by atoms with van der Waals surface area (Å²) in [6, 6.07) is 22.4. The molecule has 2 amide bonds. The van der Waals surface area contributed by atoms with Gasteiger partial charge in [-0.1, -0.05) is 77.8 Å². The van der Waals surface area contributed by atoms with E-state index in [-0.39, 0.29) is 31.3 Å². The van der Waals surface area contributed by atoms with E-state index < -0.39 is 16.1 Å². The molecule has 0 heterocycles. The average Bonchev–Trinajstić information content (AvgIpc) is 2.93. The van der Waals surface area contributed by atoms with Crippen LogP contribution in [0.4, 0.5) is 5.69 Å². The Bertz CT molecular complexity index is 1410. The molecular formula is C33H42BrN3O4S. The summed E-state index contributed by atoms with van der Waals surface area (Å²) in [6.45, 7) is 6.89. The summed E-state index contributed by atoms with van der Waals surface area (Å²) in [5.74, 6) is -0.385. The van der Waals surface area contributed by atoms with Crippen LogP contribution < -0.4 is 9.62 Å². The number of carbonyl (C=O) groups is 2. The molecule has 0 saturated carbocycles. The number of halogens is 1. The first-order valence-corrected chi connectivity index (χ1v) is 17.0. The molecule has 0 unspecified atom stereocenters. The number of nitrogens with zero attached hydrogens (tertiary/aromatic N) is 2. The second-order valence-electron chi connectivity index (χ2n) is 10.8. The fourth-order valence-corrected chi connectivity index (χ4v) is 6.16. The molecule has 3 rings (SSSR count). The van der Waals surface area contributed by atoms with Gasteiger partial charge >= 0.3 is 0 Å². The molecule has 1 N–H and O–H groups in total. The summed E-state index contributed by atoms with van der Waals surface area (Å²) in [4.78, 5) is 29.2. The van der Waals surface area contributed by atoms with Crippen molar-refractivity contribution in [1.82, 2.24) is 10.2 Å². The van der Waals surface area contributed by atoms with Crippen LogP contribution in [0, 0.1) is 13.8 Å². The van der Waals surface area contributed by atoms with Gasteiger partial charge in [-0.25, -0.2) is 8.42 Å². The molecule has 0 radical (unpaired) electrons. The quantitative estimate of drug-likeness (QED) is 0.199. The number of hydrogen-bond donors (Lipinski definition) is 1. The van der Waals surface area contributed by atoms with Crippen LogP contribution in [0.2, 0.25) is 0 Å². The Hall–Kier alpha value is -3.17. The van der Waals surface area contributed by atoms with Gasteiger partial charge in [-0.05, 0) is 73.2 Å². The average molecular weight is 657 g/mol. The lowest BCUT2D eigenvalue weighted by Gasteiger charge is -2.32. The molecule has 42 heavy (non-hydrogen) atoms. The van der Waals surface area contributed by atoms with Gasteiger partial charge < -0.3 is 10.2 Å². The van der Waals surface area contributed by atoms with Crippen molar-refractivity contribution in [1.29, 1.82) is 0 Å². The molecule has 0 bridgehead atoms. The number of rotatable bonds is 15. The Balaban J connectivity index is 1.88. The summed E-state index contributed by atoms with van der Waals surface area (Å²) in [7, 11) is -3.57. The van der Waals surface area contributed by atoms with Crippen LogP contribution in [0.25, 0.3) is 0 Å². The predicted octanol–water partition coefficient (Wildman–Crippen LogP) is 6.17. The second-order valence-corrected chi connectivity index (χ2v) is 13.6. The van der Waals surface area contributed by atoms with Crippen molar-refractivity contribution >= 4 is 43.5 Å². The highest BCUT2D eigenvalue weighted by atomic mass is 79.9. The Morgan fingerprint density at radius 1 is 0.905 bits per heavy atom. The van der Waals surface area contributed by atoms with Gasteiger partial charge in [-0.3, -0.25) is 13.9 Å². The minimum absolute atomic E-state index is 0.0981. The maximum absolute atomic E-state index is 13.9. The zero-order chi connectivity index (χ0) is 30.7. The topological polar surface area (TPSA) is 86.8 Å². The third-order valence-electron chi connectivity index (χ3n) is 7.01. The molecular weight excluding hydrogens is 614 g/mol. The smallest absolute Gasteiger partial charge is 0.243 e. The number of benzene rings is 3. The zero-order valence-electron chi connectivity index (χ0n) is 25.0. The number of carbonyl (C=O) groups excluding carboxylic acids is 2. The Kier molecular flexibility index (Phi) is 12.6. The fraction of sp³-hybridized carbons (Fsp3) is 0.394. The lowest BCUT2D eigenvalue weighted by atomic mass is 10.0. The van der Waals surface area contributed by atoms with Gasteiger partial charge in [0.2, 0.25) is 21.8 Å². The summed E-state index contributed by atoms with van der Waals surface area (Å²) in [6.07, 6.45) is 3.76. The van der Waals surface area contributed by atoms with Crippen LogP contribution in [0.5, 0.6) is 0 Å². The maximum atomic E-state index is 13.9. The number of sulfonamides is 1. The van der Waals surface area contributed by atoms with Crippen molar-refractivity contribution in [3.05, 3.63) is 99.5 Å². The van der Waals surface area contributed by atoms with Gasteiger partial charge in [0, 0.05) is 36.9 Å². The first-order chi connectivity index (χ1) is 20.0. The molecule has 0 fully saturated rings. The number of hydrogen-bond acceptors (Lipinski definition) is 4. The van der Waals surface area contributed by atoms with E-state index >= 15 is 0 Å². The summed E-state index contributed by atoms with van der Waals surface area (Å²) < 4.78 is 27.7. The number of anilines is 1. The van der Waals surface area contributed by atoms with E-state index in [1.165, 1.54) is 10.6 Å². The van der Waals surface area contributed by atoms with Crippen molar-refractivity contribution in [2.24, 2.45) is 0 Å². The third kappa shape index (κ3) is 10.3. The van der Waals surface area contributed by atoms with Crippen LogP contribution in [-0.2, 0) is 32.6 Å². The van der Waals surface area contributed by atoms with Crippen LogP contribution in [0.1, 0.15) is 54.9 Å². The fourth-order valence-electron chi connectivity index (χ4n) is 4.95. The number of nitrogens with one attached hydrogen (secondary N) is 1. The van der Waals surface area contributed by atoms with Crippen molar-refractivity contribution in [3.8, 4) is 0 Å². The minimum atomic E-state index is -3.57. The van der Waals surface area contributed by atoms with Crippen LogP contribution in [0.15, 0.2) is 77.3 Å². The zero-order valence-corrected chi connectivity index (χ0v) is 27.4. The third-order valence-corrected chi connectivity index (χ3v) is 8.74. The first-order valence-electron chi connectivity index (χ1n) is 14.4. The largest absolute Gasteiger partial charge is 0.354 e. The normalized spacial score (nSPS) is 12.0. The van der Waals surface area contributed by atoms with Gasteiger partial charge in [0.1, 0.15) is 6.04 Å². The minimum Gasteiger partial charge on any atom is -0.354 e. The maximum Gasteiger partial charge on any atom is 0.243 e. The second kappa shape index (κ2) is 15.9. The summed E-state index contributed by atoms with van der Waals surface area (Å²) >= 11 is 3.47. The number of aryl methyl sites for hydroxylation is 2. The van der Waals surface area contributed by atoms with Gasteiger partial charge in [0.05, 0.1) is 11.9 Å². The van der Waals surface area contributed by atoms with E-state index in [1.54, 1.807) is 4.90 Å². The Labute approximate surface area is 259 Å². The molecule has 0 aliphatic rings. The predicted molar refractivity (Wildman–Crippen MR) is 174 cm³/mol. The molecule has 226 valence electrons. The first kappa shape index (κ1) is 33.3. The van der Waals surface area contributed by atoms with E-state index in [9.17, 15) is 18.0 Å². The molecule has 0 aliphatic heterocycles. The standard InChI is InChI=1S/C33H42BrN3O4S/c1-5-6-18-35-33(39)31(23-27-11-8-7-9-12-27)36(24-28-14-16-29(34)17-15-28)32(38)13-10-19-37(42(4,40)41)30-21-25(2)20-26(3)22-30/h7-9,11-12,14-17,20-22,31H,5-6,10,13,18-19,23-24H2,1-4H3,(H,35,39)/t31-/m1/s1. The molecule has 0 spiro atoms. The van der Waals surface area contributed by atoms with Crippen LogP contribution in [0.3, 0.4) is 0 Å². The molecule has 7 nitrogen and oxygen atoms in total. The number of unbranched alkanes of at least 4 members (excludes halogenated alkanes) is 1. The molecule has 9 heteroatoms. The highest BCUT2D eigenvalue weighted by molar-refractivity contribution is 9.10. The monoisotopic (exact) mass is 655 g/mol. The highest BCUT2D eigenvalue weighted by Crippen LogP contribution is 2.23. The van der Waals surface area contributed by atoms with E-state index in [4.69, 9.17) is 0 Å². The summed E-state index contributed by atoms with van der Waals surface area (Å²) in [5, 5.41) is 3.03. The Morgan fingerprint density at radius 3 is 2.14 bits per heavy atom. The summed E-state index contributed by atoms with van der Waals surface area (Å²) in [5.41, 5.74) is 4.38. The molecule has 0 aliphatic carbocycles. The highest BCUT2D eigenvalue weighted by Gasteiger charge is 2.30. The molecule has 3 aromatic carbocycles. The van der Waals surface area contributed by atoms with Crippen LogP contribution in [-0.4, -0.2) is 50.5 Å². The molecule has 0 saturated heterocycles. The van der Waals surface area contributed by atoms with E-state index in [1.807, 2.05) is 86.6 Å². The Morgan fingerprint density at radius 2 is 1.55 bits per heavy atom. The molecule has 0 aromatic heterocycles. The van der Waals surface area contributed by atoms with Crippen molar-refractivity contribution < 1.29 is 18.0 Å². The van der Waals surface area contributed by atoms with Gasteiger partial charge in [-0.2, -0.15) is 0 Å². The van der Waals surface area contributed by atoms with E-state index in [0.29, 0.717) is 25.1 Å². The van der Waals surface area contributed by atoms with E-state index in [2.05, 4.69) is 28.2 Å². The molecule has 3 aromatic rings. The SMILES string of the molecule is CCCCNC(=O)[C@@H](Cc1ccccc1)N(Cc1ccc(Br)cc1)C(=O)CCCN(c1cc(C)cc(C)c1)S(C)(=O)=O. The van der Waals surface area contributed by atoms with Crippen molar-refractivity contribution in [2.45, 2.75) is 65.5 Å². The molecule has 1 atom stereocenters. The van der Waals surface area contributed by atoms with Gasteiger partial charge in [0.15, 0.2) is 0 Å². The lowest BCUT2D eigenvalue weighted by Crippen LogP contribution is -2.50. The van der Waals surface area contributed by atoms with Crippen LogP contribution >= 0.6 is 15.9 Å². The van der Waals surface area contributed by atoms with E-state index in [0.717, 1.165) is 39.6 Å². The van der Waals surface area contributed by atoms with Gasteiger partial charge in [0.25, 0.3) is 0 Å². The van der Waals surface area contributed by atoms with Gasteiger partial charge in [-0.15, -0.1) is 0 Å². The number of amides is 2.